The molecule has 0 radical (unpaired) electrons. The monoisotopic (exact) mass is 412 g/mol. The average Bonchev–Trinajstić information content (AvgIpc) is 3.31. The van der Waals surface area contributed by atoms with Crippen molar-refractivity contribution < 1.29 is 10.2 Å². The maximum Gasteiger partial charge on any atom is 0.199 e. The van der Waals surface area contributed by atoms with Gasteiger partial charge in [0.2, 0.25) is 0 Å². The molecule has 0 aliphatic carbocycles. The Bertz CT molecular complexity index is 1100. The van der Waals surface area contributed by atoms with Crippen LogP contribution < -0.4 is 0 Å². The Labute approximate surface area is 169 Å². The normalized spacial score (nSPS) is 13.4. The molecule has 2 aromatic heterocycles. The lowest BCUT2D eigenvalue weighted by Gasteiger charge is -2.18. The smallest absolute Gasteiger partial charge is 0.199 e. The van der Waals surface area contributed by atoms with Gasteiger partial charge < -0.3 is 10.2 Å². The molecule has 10 heteroatoms. The van der Waals surface area contributed by atoms with Gasteiger partial charge in [0.1, 0.15) is 12.2 Å². The molecule has 142 valence electrons. The highest BCUT2D eigenvalue weighted by Crippen LogP contribution is 2.29. The second-order valence-electron chi connectivity index (χ2n) is 6.01. The van der Waals surface area contributed by atoms with E-state index >= 15 is 0 Å². The van der Waals surface area contributed by atoms with Gasteiger partial charge in [0.05, 0.1) is 0 Å². The van der Waals surface area contributed by atoms with Crippen molar-refractivity contribution in [3.8, 4) is 11.4 Å². The molecule has 0 saturated heterocycles. The predicted molar refractivity (Wildman–Crippen MR) is 107 cm³/mol. The van der Waals surface area contributed by atoms with Crippen LogP contribution in [-0.2, 0) is 0 Å². The minimum Gasteiger partial charge on any atom is -0.382 e. The van der Waals surface area contributed by atoms with Gasteiger partial charge in [0.15, 0.2) is 21.2 Å². The Morgan fingerprint density at radius 1 is 0.679 bits per heavy atom. The van der Waals surface area contributed by atoms with E-state index in [1.165, 1.54) is 0 Å². The zero-order valence-corrected chi connectivity index (χ0v) is 16.1. The first-order valence-electron chi connectivity index (χ1n) is 8.39. The Balaban J connectivity index is 1.77. The number of hydrogen-bond acceptors (Lipinski definition) is 6. The van der Waals surface area contributed by atoms with Gasteiger partial charge >= 0.3 is 0 Å². The van der Waals surface area contributed by atoms with Gasteiger partial charge in [0, 0.05) is 11.4 Å². The van der Waals surface area contributed by atoms with Crippen molar-refractivity contribution in [3.63, 3.8) is 0 Å². The van der Waals surface area contributed by atoms with Crippen molar-refractivity contribution in [2.45, 2.75) is 12.2 Å². The quantitative estimate of drug-likeness (QED) is 0.376. The van der Waals surface area contributed by atoms with E-state index in [0.29, 0.717) is 20.9 Å². The molecule has 0 fully saturated rings. The number of aromatic nitrogens is 6. The van der Waals surface area contributed by atoms with Crippen LogP contribution in [0, 0.1) is 9.54 Å². The van der Waals surface area contributed by atoms with Crippen molar-refractivity contribution in [2.24, 2.45) is 0 Å². The Hall–Kier alpha value is -2.92. The summed E-state index contributed by atoms with van der Waals surface area (Å²) in [5.41, 5.74) is 1.42. The van der Waals surface area contributed by atoms with Crippen LogP contribution in [0.3, 0.4) is 0 Å². The number of aromatic amines is 2. The van der Waals surface area contributed by atoms with Crippen LogP contribution >= 0.6 is 24.4 Å². The second-order valence-corrected chi connectivity index (χ2v) is 6.78. The van der Waals surface area contributed by atoms with Crippen molar-refractivity contribution in [1.29, 1.82) is 0 Å². The molecule has 2 aromatic carbocycles. The number of aliphatic hydroxyl groups excluding tert-OH is 2. The molecule has 0 aliphatic rings. The van der Waals surface area contributed by atoms with Crippen molar-refractivity contribution >= 4 is 24.4 Å². The molecule has 2 atom stereocenters. The highest BCUT2D eigenvalue weighted by molar-refractivity contribution is 7.71. The van der Waals surface area contributed by atoms with Crippen LogP contribution in [0.1, 0.15) is 23.9 Å². The summed E-state index contributed by atoms with van der Waals surface area (Å²) in [7, 11) is 0. The number of para-hydroxylation sites is 2. The van der Waals surface area contributed by atoms with E-state index in [4.69, 9.17) is 24.4 Å². The molecule has 0 saturated carbocycles. The van der Waals surface area contributed by atoms with Gasteiger partial charge in [-0.15, -0.1) is 0 Å². The van der Waals surface area contributed by atoms with Crippen LogP contribution in [0.25, 0.3) is 11.4 Å². The third kappa shape index (κ3) is 3.22. The Morgan fingerprint density at radius 3 is 1.39 bits per heavy atom. The molecule has 2 heterocycles. The lowest BCUT2D eigenvalue weighted by atomic mass is 10.1. The lowest BCUT2D eigenvalue weighted by Crippen LogP contribution is -2.19. The van der Waals surface area contributed by atoms with Gasteiger partial charge in [-0.2, -0.15) is 10.2 Å². The Morgan fingerprint density at radius 2 is 1.04 bits per heavy atom. The molecule has 4 rings (SSSR count). The number of aliphatic hydroxyl groups is 2. The summed E-state index contributed by atoms with van der Waals surface area (Å²) in [5, 5.41) is 35.3. The first-order chi connectivity index (χ1) is 13.6. The summed E-state index contributed by atoms with van der Waals surface area (Å²) in [6, 6.07) is 18.4. The maximum absolute atomic E-state index is 10.9. The predicted octanol–water partition coefficient (Wildman–Crippen LogP) is 2.94. The standard InChI is InChI=1S/C18H16N6O2S2/c25-13(15-19-21-17(27)23(15)11-7-3-1-4-8-11)14(26)16-20-22-18(28)24(16)12-9-5-2-6-10-12/h1-10,13-14,25-26H,(H,21,27)(H,22,28)/t13-,14-/m1/s1. The zero-order valence-electron chi connectivity index (χ0n) is 14.4. The van der Waals surface area contributed by atoms with Gasteiger partial charge in [-0.05, 0) is 48.7 Å². The van der Waals surface area contributed by atoms with Crippen LogP contribution in [0.4, 0.5) is 0 Å². The summed E-state index contributed by atoms with van der Waals surface area (Å²) >= 11 is 10.6. The average molecular weight is 413 g/mol. The van der Waals surface area contributed by atoms with Crippen LogP contribution in [0.5, 0.6) is 0 Å². The van der Waals surface area contributed by atoms with Gasteiger partial charge in [-0.25, -0.2) is 0 Å². The summed E-state index contributed by atoms with van der Waals surface area (Å²) < 4.78 is 3.73. The van der Waals surface area contributed by atoms with E-state index in [1.54, 1.807) is 9.13 Å². The van der Waals surface area contributed by atoms with Crippen molar-refractivity contribution in [1.82, 2.24) is 29.5 Å². The molecule has 4 N–H and O–H groups in total. The third-order valence-electron chi connectivity index (χ3n) is 4.25. The zero-order chi connectivity index (χ0) is 19.7. The fourth-order valence-corrected chi connectivity index (χ4v) is 3.44. The molecule has 0 amide bonds. The number of nitrogens with one attached hydrogen (secondary N) is 2. The highest BCUT2D eigenvalue weighted by Gasteiger charge is 2.30. The number of rotatable bonds is 5. The van der Waals surface area contributed by atoms with E-state index in [0.717, 1.165) is 0 Å². The fraction of sp³-hybridized carbons (Fsp3) is 0.111. The molecular formula is C18H16N6O2S2. The topological polar surface area (TPSA) is 108 Å². The van der Waals surface area contributed by atoms with E-state index in [-0.39, 0.29) is 11.6 Å². The van der Waals surface area contributed by atoms with Gasteiger partial charge in [-0.3, -0.25) is 19.3 Å². The van der Waals surface area contributed by atoms with Crippen molar-refractivity contribution in [3.05, 3.63) is 81.9 Å². The number of nitrogens with zero attached hydrogens (tertiary/aromatic N) is 4. The third-order valence-corrected chi connectivity index (χ3v) is 4.80. The first kappa shape index (κ1) is 18.4. The second kappa shape index (κ2) is 7.60. The fourth-order valence-electron chi connectivity index (χ4n) is 2.95. The molecule has 8 nitrogen and oxygen atoms in total. The number of benzene rings is 2. The van der Waals surface area contributed by atoms with E-state index in [2.05, 4.69) is 20.4 Å². The molecule has 0 aliphatic heterocycles. The van der Waals surface area contributed by atoms with Gasteiger partial charge in [-0.1, -0.05) is 36.4 Å². The maximum atomic E-state index is 10.9. The minimum absolute atomic E-state index is 0.164. The van der Waals surface area contributed by atoms with Crippen LogP contribution in [0.15, 0.2) is 60.7 Å². The molecule has 28 heavy (non-hydrogen) atoms. The Kier molecular flexibility index (Phi) is 5.01. The van der Waals surface area contributed by atoms with E-state index in [1.807, 2.05) is 60.7 Å². The number of hydrogen-bond donors (Lipinski definition) is 4. The summed E-state index contributed by atoms with van der Waals surface area (Å²) in [5.74, 6) is 0.328. The SMILES string of the molecule is O[C@@H](c1n[nH]c(=S)n1-c1ccccc1)[C@@H](O)c1n[nH]c(=S)n1-c1ccccc1. The van der Waals surface area contributed by atoms with Crippen molar-refractivity contribution in [2.75, 3.05) is 0 Å². The first-order valence-corrected chi connectivity index (χ1v) is 9.21. The van der Waals surface area contributed by atoms with Crippen LogP contribution in [-0.4, -0.2) is 39.7 Å². The molecule has 0 unspecified atom stereocenters. The molecule has 0 bridgehead atoms. The lowest BCUT2D eigenvalue weighted by molar-refractivity contribution is 0.00432. The number of H-pyrrole nitrogens is 2. The minimum atomic E-state index is -1.40. The molecular weight excluding hydrogens is 396 g/mol. The van der Waals surface area contributed by atoms with E-state index < -0.39 is 12.2 Å². The molecule has 0 spiro atoms. The van der Waals surface area contributed by atoms with Gasteiger partial charge in [0.25, 0.3) is 0 Å². The molecule has 4 aromatic rings. The summed E-state index contributed by atoms with van der Waals surface area (Å²) in [6.07, 6.45) is -2.80. The summed E-state index contributed by atoms with van der Waals surface area (Å²) in [4.78, 5) is 0. The van der Waals surface area contributed by atoms with Crippen LogP contribution in [0.2, 0.25) is 0 Å². The largest absolute Gasteiger partial charge is 0.382 e. The summed E-state index contributed by atoms with van der Waals surface area (Å²) in [6.45, 7) is 0. The van der Waals surface area contributed by atoms with E-state index in [9.17, 15) is 10.2 Å². The highest BCUT2D eigenvalue weighted by atomic mass is 32.1.